The number of nitrogens with zero attached hydrogens (tertiary/aromatic N) is 1. The predicted octanol–water partition coefficient (Wildman–Crippen LogP) is 3.42. The molecule has 0 saturated heterocycles. The van der Waals surface area contributed by atoms with Crippen molar-refractivity contribution >= 4 is 34.8 Å². The van der Waals surface area contributed by atoms with Crippen molar-refractivity contribution in [2.45, 2.75) is 25.9 Å². The minimum absolute atomic E-state index is 0.0940. The van der Waals surface area contributed by atoms with E-state index in [0.717, 1.165) is 10.6 Å². The van der Waals surface area contributed by atoms with Gasteiger partial charge >= 0.3 is 0 Å². The number of nitrogens with one attached hydrogen (secondary N) is 2. The maximum Gasteiger partial charge on any atom is 0.242 e. The van der Waals surface area contributed by atoms with Gasteiger partial charge in [0.2, 0.25) is 11.8 Å². The fourth-order valence-corrected chi connectivity index (χ4v) is 3.55. The van der Waals surface area contributed by atoms with Gasteiger partial charge in [-0.1, -0.05) is 29.8 Å². The molecule has 0 aliphatic carbocycles. The van der Waals surface area contributed by atoms with E-state index in [1.807, 2.05) is 23.6 Å². The Morgan fingerprint density at radius 2 is 2.07 bits per heavy atom. The second kappa shape index (κ2) is 8.83. The third kappa shape index (κ3) is 5.18. The predicted molar refractivity (Wildman–Crippen MR) is 104 cm³/mol. The van der Waals surface area contributed by atoms with Crippen molar-refractivity contribution < 1.29 is 14.0 Å². The Morgan fingerprint density at radius 3 is 2.81 bits per heavy atom. The number of aromatic nitrogens is 1. The highest BCUT2D eigenvalue weighted by Crippen LogP contribution is 2.30. The number of carbonyl (C=O) groups excluding carboxylic acids is 2. The molecule has 0 bridgehead atoms. The number of furan rings is 1. The molecule has 27 heavy (non-hydrogen) atoms. The topological polar surface area (TPSA) is 84.2 Å². The first-order chi connectivity index (χ1) is 13.0. The summed E-state index contributed by atoms with van der Waals surface area (Å²) < 4.78 is 5.15. The molecule has 1 aromatic carbocycles. The summed E-state index contributed by atoms with van der Waals surface area (Å²) in [6, 6.07) is 10.3. The van der Waals surface area contributed by atoms with Gasteiger partial charge in [-0.3, -0.25) is 9.59 Å². The lowest BCUT2D eigenvalue weighted by Crippen LogP contribution is -2.45. The van der Waals surface area contributed by atoms with Gasteiger partial charge in [-0.2, -0.15) is 0 Å². The van der Waals surface area contributed by atoms with Gasteiger partial charge in [0.15, 0.2) is 0 Å². The highest BCUT2D eigenvalue weighted by Gasteiger charge is 2.17. The lowest BCUT2D eigenvalue weighted by atomic mass is 10.2. The molecule has 6 nitrogen and oxygen atoms in total. The van der Waals surface area contributed by atoms with Crippen LogP contribution in [0.2, 0.25) is 5.02 Å². The second-order valence-corrected chi connectivity index (χ2v) is 7.15. The Hall–Kier alpha value is -2.64. The molecule has 1 unspecified atom stereocenters. The average Bonchev–Trinajstić information content (AvgIpc) is 3.32. The quantitative estimate of drug-likeness (QED) is 0.633. The Labute approximate surface area is 165 Å². The van der Waals surface area contributed by atoms with Gasteiger partial charge in [-0.25, -0.2) is 4.98 Å². The number of thiazole rings is 1. The summed E-state index contributed by atoms with van der Waals surface area (Å²) in [5.74, 6) is 0.0953. The molecule has 2 heterocycles. The maximum absolute atomic E-state index is 12.2. The van der Waals surface area contributed by atoms with E-state index in [1.165, 1.54) is 17.6 Å². The molecule has 2 aromatic heterocycles. The van der Waals surface area contributed by atoms with Crippen LogP contribution in [0.4, 0.5) is 0 Å². The zero-order valence-corrected chi connectivity index (χ0v) is 16.1. The van der Waals surface area contributed by atoms with Crippen LogP contribution in [-0.2, 0) is 22.6 Å². The van der Waals surface area contributed by atoms with Crippen LogP contribution >= 0.6 is 22.9 Å². The van der Waals surface area contributed by atoms with Crippen LogP contribution in [0, 0.1) is 0 Å². The van der Waals surface area contributed by atoms with Gasteiger partial charge in [0.1, 0.15) is 16.8 Å². The number of halogens is 1. The molecule has 3 rings (SSSR count). The summed E-state index contributed by atoms with van der Waals surface area (Å²) in [6.07, 6.45) is 1.63. The standard InChI is InChI=1S/C19H18ClN3O3S/c1-12(18(25)21-10-14-5-4-8-26-14)22-17(24)9-13-11-27-19(23-13)15-6-2-3-7-16(15)20/h2-8,11-12H,9-10H2,1H3,(H,21,25)(H,22,24). The summed E-state index contributed by atoms with van der Waals surface area (Å²) in [7, 11) is 0. The Kier molecular flexibility index (Phi) is 6.26. The smallest absolute Gasteiger partial charge is 0.242 e. The molecule has 2 amide bonds. The van der Waals surface area contributed by atoms with E-state index < -0.39 is 6.04 Å². The lowest BCUT2D eigenvalue weighted by Gasteiger charge is -2.13. The van der Waals surface area contributed by atoms with Crippen molar-refractivity contribution in [1.29, 1.82) is 0 Å². The van der Waals surface area contributed by atoms with Crippen molar-refractivity contribution in [1.82, 2.24) is 15.6 Å². The number of hydrogen-bond acceptors (Lipinski definition) is 5. The minimum Gasteiger partial charge on any atom is -0.467 e. The van der Waals surface area contributed by atoms with Crippen molar-refractivity contribution in [3.05, 3.63) is 64.5 Å². The van der Waals surface area contributed by atoms with Gasteiger partial charge in [-0.15, -0.1) is 11.3 Å². The molecule has 0 aliphatic heterocycles. The lowest BCUT2D eigenvalue weighted by molar-refractivity contribution is -0.128. The van der Waals surface area contributed by atoms with Crippen LogP contribution < -0.4 is 10.6 Å². The number of carbonyl (C=O) groups is 2. The molecule has 0 fully saturated rings. The van der Waals surface area contributed by atoms with Crippen LogP contribution in [0.15, 0.2) is 52.5 Å². The van der Waals surface area contributed by atoms with Gasteiger partial charge < -0.3 is 15.1 Å². The Morgan fingerprint density at radius 1 is 1.26 bits per heavy atom. The molecule has 0 spiro atoms. The fraction of sp³-hybridized carbons (Fsp3) is 0.211. The van der Waals surface area contributed by atoms with Crippen LogP contribution in [-0.4, -0.2) is 22.8 Å². The monoisotopic (exact) mass is 403 g/mol. The van der Waals surface area contributed by atoms with Crippen LogP contribution in [0.3, 0.4) is 0 Å². The average molecular weight is 404 g/mol. The fourth-order valence-electron chi connectivity index (χ4n) is 2.41. The first-order valence-corrected chi connectivity index (χ1v) is 9.57. The number of rotatable bonds is 7. The van der Waals surface area contributed by atoms with Gasteiger partial charge in [0.25, 0.3) is 0 Å². The van der Waals surface area contributed by atoms with Crippen molar-refractivity contribution in [2.24, 2.45) is 0 Å². The van der Waals surface area contributed by atoms with Crippen LogP contribution in [0.1, 0.15) is 18.4 Å². The zero-order valence-electron chi connectivity index (χ0n) is 14.6. The summed E-state index contributed by atoms with van der Waals surface area (Å²) in [6.45, 7) is 1.91. The maximum atomic E-state index is 12.2. The molecule has 140 valence electrons. The molecule has 2 N–H and O–H groups in total. The number of benzene rings is 1. The van der Waals surface area contributed by atoms with E-state index in [9.17, 15) is 9.59 Å². The summed E-state index contributed by atoms with van der Waals surface area (Å²) >= 11 is 7.61. The van der Waals surface area contributed by atoms with Crippen molar-refractivity contribution in [3.8, 4) is 10.6 Å². The van der Waals surface area contributed by atoms with E-state index in [4.69, 9.17) is 16.0 Å². The molecule has 1 atom stereocenters. The van der Waals surface area contributed by atoms with E-state index >= 15 is 0 Å². The number of hydrogen-bond donors (Lipinski definition) is 2. The van der Waals surface area contributed by atoms with Gasteiger partial charge in [-0.05, 0) is 25.1 Å². The second-order valence-electron chi connectivity index (χ2n) is 5.89. The third-order valence-electron chi connectivity index (χ3n) is 3.79. The normalized spacial score (nSPS) is 11.8. The molecule has 0 aliphatic rings. The van der Waals surface area contributed by atoms with E-state index in [0.29, 0.717) is 16.5 Å². The van der Waals surface area contributed by atoms with Crippen LogP contribution in [0.25, 0.3) is 10.6 Å². The Balaban J connectivity index is 1.51. The highest BCUT2D eigenvalue weighted by molar-refractivity contribution is 7.13. The van der Waals surface area contributed by atoms with Crippen molar-refractivity contribution in [3.63, 3.8) is 0 Å². The molecule has 8 heteroatoms. The Bertz CT molecular complexity index is 924. The van der Waals surface area contributed by atoms with E-state index in [1.54, 1.807) is 25.1 Å². The molecule has 0 saturated carbocycles. The SMILES string of the molecule is CC(NC(=O)Cc1csc(-c2ccccc2Cl)n1)C(=O)NCc1ccco1. The molecule has 0 radical (unpaired) electrons. The van der Waals surface area contributed by atoms with Gasteiger partial charge in [0.05, 0.1) is 29.9 Å². The van der Waals surface area contributed by atoms with Crippen LogP contribution in [0.5, 0.6) is 0 Å². The molecular formula is C19H18ClN3O3S. The molecule has 3 aromatic rings. The zero-order chi connectivity index (χ0) is 19.2. The van der Waals surface area contributed by atoms with Gasteiger partial charge in [0, 0.05) is 10.9 Å². The largest absolute Gasteiger partial charge is 0.467 e. The first-order valence-electron chi connectivity index (χ1n) is 8.31. The van der Waals surface area contributed by atoms with E-state index in [-0.39, 0.29) is 24.8 Å². The third-order valence-corrected chi connectivity index (χ3v) is 5.04. The molecular weight excluding hydrogens is 386 g/mol. The highest BCUT2D eigenvalue weighted by atomic mass is 35.5. The summed E-state index contributed by atoms with van der Waals surface area (Å²) in [5.41, 5.74) is 1.47. The summed E-state index contributed by atoms with van der Waals surface area (Å²) in [4.78, 5) is 28.7. The first kappa shape index (κ1) is 19.1. The van der Waals surface area contributed by atoms with E-state index in [2.05, 4.69) is 15.6 Å². The minimum atomic E-state index is -0.658. The number of amides is 2. The van der Waals surface area contributed by atoms with Crippen molar-refractivity contribution in [2.75, 3.05) is 0 Å². The summed E-state index contributed by atoms with van der Waals surface area (Å²) in [5, 5.41) is 8.58.